The standard InChI is InChI=1S/C21H18Cl2N2O3/c1-28-14-9-7-13(8-10-14)17-19(24-11-2-3-12-24)21(27)25(20(17)26)16-6-4-5-15(22)18(16)23/h4-10H,2-3,11-12H2,1H3. The summed E-state index contributed by atoms with van der Waals surface area (Å²) >= 11 is 12.4. The second-order valence-corrected chi connectivity index (χ2v) is 7.45. The van der Waals surface area contributed by atoms with Crippen LogP contribution in [0.2, 0.25) is 10.0 Å². The van der Waals surface area contributed by atoms with E-state index in [1.165, 1.54) is 0 Å². The highest BCUT2D eigenvalue weighted by Crippen LogP contribution is 2.40. The van der Waals surface area contributed by atoms with E-state index in [0.29, 0.717) is 33.3 Å². The number of anilines is 1. The Balaban J connectivity index is 1.84. The molecular formula is C21H18Cl2N2O3. The smallest absolute Gasteiger partial charge is 0.282 e. The van der Waals surface area contributed by atoms with E-state index >= 15 is 0 Å². The first-order valence-corrected chi connectivity index (χ1v) is 9.75. The van der Waals surface area contributed by atoms with Gasteiger partial charge < -0.3 is 9.64 Å². The summed E-state index contributed by atoms with van der Waals surface area (Å²) in [5, 5.41) is 0.475. The van der Waals surface area contributed by atoms with Gasteiger partial charge in [-0.25, -0.2) is 4.90 Å². The SMILES string of the molecule is COc1ccc(C2=C(N3CCCC3)C(=O)N(c3cccc(Cl)c3Cl)C2=O)cc1. The fraction of sp³-hybridized carbons (Fsp3) is 0.238. The van der Waals surface area contributed by atoms with Crippen LogP contribution in [0.15, 0.2) is 48.2 Å². The van der Waals surface area contributed by atoms with Crippen LogP contribution in [0.3, 0.4) is 0 Å². The molecule has 2 aliphatic rings. The molecule has 2 heterocycles. The number of carbonyl (C=O) groups excluding carboxylic acids is 2. The van der Waals surface area contributed by atoms with Gasteiger partial charge in [0.15, 0.2) is 0 Å². The molecule has 0 radical (unpaired) electrons. The van der Waals surface area contributed by atoms with E-state index in [1.807, 2.05) is 4.90 Å². The number of amides is 2. The van der Waals surface area contributed by atoms with Crippen molar-refractivity contribution in [3.8, 4) is 5.75 Å². The van der Waals surface area contributed by atoms with Gasteiger partial charge in [-0.05, 0) is 42.7 Å². The summed E-state index contributed by atoms with van der Waals surface area (Å²) in [6.07, 6.45) is 1.97. The van der Waals surface area contributed by atoms with Crippen LogP contribution in [0, 0.1) is 0 Å². The van der Waals surface area contributed by atoms with Gasteiger partial charge >= 0.3 is 0 Å². The number of hydrogen-bond donors (Lipinski definition) is 0. The largest absolute Gasteiger partial charge is 0.497 e. The van der Waals surface area contributed by atoms with Gasteiger partial charge in [0, 0.05) is 13.1 Å². The van der Waals surface area contributed by atoms with Crippen molar-refractivity contribution in [3.63, 3.8) is 0 Å². The first-order chi connectivity index (χ1) is 13.5. The predicted octanol–water partition coefficient (Wildman–Crippen LogP) is 4.38. The monoisotopic (exact) mass is 416 g/mol. The van der Waals surface area contributed by atoms with Crippen molar-refractivity contribution in [3.05, 3.63) is 63.8 Å². The summed E-state index contributed by atoms with van der Waals surface area (Å²) in [7, 11) is 1.58. The van der Waals surface area contributed by atoms with Gasteiger partial charge in [0.1, 0.15) is 11.4 Å². The van der Waals surface area contributed by atoms with Crippen molar-refractivity contribution < 1.29 is 14.3 Å². The number of nitrogens with zero attached hydrogens (tertiary/aromatic N) is 2. The summed E-state index contributed by atoms with van der Waals surface area (Å²) in [6, 6.07) is 12.1. The summed E-state index contributed by atoms with van der Waals surface area (Å²) in [6.45, 7) is 1.48. The second kappa shape index (κ2) is 7.49. The fourth-order valence-electron chi connectivity index (χ4n) is 3.65. The quantitative estimate of drug-likeness (QED) is 0.693. The molecule has 144 valence electrons. The van der Waals surface area contributed by atoms with Crippen LogP contribution in [-0.2, 0) is 9.59 Å². The Bertz CT molecular complexity index is 980. The zero-order valence-corrected chi connectivity index (χ0v) is 16.8. The Morgan fingerprint density at radius 3 is 2.25 bits per heavy atom. The molecular weight excluding hydrogens is 399 g/mol. The molecule has 0 saturated carbocycles. The van der Waals surface area contributed by atoms with E-state index < -0.39 is 5.91 Å². The third-order valence-electron chi connectivity index (χ3n) is 5.03. The highest BCUT2D eigenvalue weighted by molar-refractivity contribution is 6.49. The first-order valence-electron chi connectivity index (χ1n) is 8.99. The minimum absolute atomic E-state index is 0.183. The van der Waals surface area contributed by atoms with Crippen LogP contribution >= 0.6 is 23.2 Å². The minimum atomic E-state index is -0.402. The number of hydrogen-bond acceptors (Lipinski definition) is 4. The Morgan fingerprint density at radius 1 is 0.929 bits per heavy atom. The number of halogens is 2. The molecule has 0 unspecified atom stereocenters. The molecule has 28 heavy (non-hydrogen) atoms. The summed E-state index contributed by atoms with van der Waals surface area (Å²) < 4.78 is 5.20. The number of methoxy groups -OCH3 is 1. The molecule has 7 heteroatoms. The van der Waals surface area contributed by atoms with E-state index in [4.69, 9.17) is 27.9 Å². The van der Waals surface area contributed by atoms with Crippen LogP contribution in [0.1, 0.15) is 18.4 Å². The van der Waals surface area contributed by atoms with E-state index in [-0.39, 0.29) is 10.9 Å². The van der Waals surface area contributed by atoms with Crippen LogP contribution in [0.5, 0.6) is 5.75 Å². The van der Waals surface area contributed by atoms with Gasteiger partial charge in [0.25, 0.3) is 11.8 Å². The molecule has 2 aliphatic heterocycles. The topological polar surface area (TPSA) is 49.9 Å². The Labute approximate surface area is 173 Å². The lowest BCUT2D eigenvalue weighted by Gasteiger charge is -2.21. The van der Waals surface area contributed by atoms with Crippen molar-refractivity contribution in [2.75, 3.05) is 25.1 Å². The molecule has 4 rings (SSSR count). The maximum absolute atomic E-state index is 13.4. The molecule has 2 aromatic carbocycles. The van der Waals surface area contributed by atoms with Gasteiger partial charge in [-0.15, -0.1) is 0 Å². The molecule has 0 N–H and O–H groups in total. The number of carbonyl (C=O) groups is 2. The second-order valence-electron chi connectivity index (χ2n) is 6.66. The van der Waals surface area contributed by atoms with Crippen LogP contribution in [0.25, 0.3) is 5.57 Å². The molecule has 0 aromatic heterocycles. The van der Waals surface area contributed by atoms with Gasteiger partial charge in [-0.2, -0.15) is 0 Å². The molecule has 2 amide bonds. The van der Waals surface area contributed by atoms with Crippen LogP contribution in [0.4, 0.5) is 5.69 Å². The lowest BCUT2D eigenvalue weighted by molar-refractivity contribution is -0.120. The Hall–Kier alpha value is -2.50. The van der Waals surface area contributed by atoms with Gasteiger partial charge in [-0.3, -0.25) is 9.59 Å². The molecule has 1 fully saturated rings. The summed E-state index contributed by atoms with van der Waals surface area (Å²) in [5.41, 5.74) is 1.76. The average molecular weight is 417 g/mol. The molecule has 1 saturated heterocycles. The third-order valence-corrected chi connectivity index (χ3v) is 5.84. The zero-order valence-electron chi connectivity index (χ0n) is 15.2. The molecule has 5 nitrogen and oxygen atoms in total. The van der Waals surface area contributed by atoms with Crippen molar-refractivity contribution in [2.45, 2.75) is 12.8 Å². The highest BCUT2D eigenvalue weighted by Gasteiger charge is 2.43. The normalized spacial score (nSPS) is 17.1. The van der Waals surface area contributed by atoms with Crippen molar-refractivity contribution in [1.82, 2.24) is 4.90 Å². The number of benzene rings is 2. The third kappa shape index (κ3) is 3.05. The van der Waals surface area contributed by atoms with Gasteiger partial charge in [0.05, 0.1) is 28.4 Å². The number of ether oxygens (including phenoxy) is 1. The summed E-state index contributed by atoms with van der Waals surface area (Å²) in [4.78, 5) is 29.9. The first kappa shape index (κ1) is 18.8. The van der Waals surface area contributed by atoms with E-state index in [2.05, 4.69) is 0 Å². The maximum Gasteiger partial charge on any atom is 0.282 e. The number of imide groups is 1. The lowest BCUT2D eigenvalue weighted by atomic mass is 10.0. The Kier molecular flexibility index (Phi) is 5.04. The zero-order chi connectivity index (χ0) is 19.8. The number of likely N-dealkylation sites (tertiary alicyclic amines) is 1. The average Bonchev–Trinajstić information content (AvgIpc) is 3.31. The molecule has 0 atom stereocenters. The molecule has 0 aliphatic carbocycles. The molecule has 2 aromatic rings. The minimum Gasteiger partial charge on any atom is -0.497 e. The number of rotatable bonds is 4. The lowest BCUT2D eigenvalue weighted by Crippen LogP contribution is -2.34. The maximum atomic E-state index is 13.4. The van der Waals surface area contributed by atoms with Crippen molar-refractivity contribution in [1.29, 1.82) is 0 Å². The Morgan fingerprint density at radius 2 is 1.61 bits per heavy atom. The molecule has 0 bridgehead atoms. The van der Waals surface area contributed by atoms with E-state index in [0.717, 1.165) is 30.8 Å². The van der Waals surface area contributed by atoms with Crippen LogP contribution < -0.4 is 9.64 Å². The van der Waals surface area contributed by atoms with Crippen molar-refractivity contribution in [2.24, 2.45) is 0 Å². The summed E-state index contributed by atoms with van der Waals surface area (Å²) in [5.74, 6) is -0.0956. The van der Waals surface area contributed by atoms with Gasteiger partial charge in [-0.1, -0.05) is 41.4 Å². The van der Waals surface area contributed by atoms with E-state index in [9.17, 15) is 9.59 Å². The molecule has 0 spiro atoms. The highest BCUT2D eigenvalue weighted by atomic mass is 35.5. The van der Waals surface area contributed by atoms with E-state index in [1.54, 1.807) is 49.6 Å². The fourth-order valence-corrected chi connectivity index (χ4v) is 4.03. The van der Waals surface area contributed by atoms with Crippen LogP contribution in [-0.4, -0.2) is 36.9 Å². The van der Waals surface area contributed by atoms with Gasteiger partial charge in [0.2, 0.25) is 0 Å². The van der Waals surface area contributed by atoms with Crippen molar-refractivity contribution >= 4 is 46.3 Å². The predicted molar refractivity (Wildman–Crippen MR) is 110 cm³/mol.